The lowest BCUT2D eigenvalue weighted by Crippen LogP contribution is -2.37. The average molecular weight is 368 g/mol. The number of halogens is 1. The molecule has 0 radical (unpaired) electrons. The number of nitrogens with one attached hydrogen (secondary N) is 1. The van der Waals surface area contributed by atoms with E-state index in [1.165, 1.54) is 18.7 Å². The second-order valence-corrected chi connectivity index (χ2v) is 7.40. The Balaban J connectivity index is 1.43. The molecule has 5 heteroatoms. The lowest BCUT2D eigenvalue weighted by molar-refractivity contribution is -0.125. The van der Waals surface area contributed by atoms with Crippen LogP contribution in [-0.2, 0) is 11.3 Å². The highest BCUT2D eigenvalue weighted by molar-refractivity contribution is 5.80. The number of hydrogen-bond acceptors (Lipinski definition) is 3. The number of ether oxygens (including phenoxy) is 1. The van der Waals surface area contributed by atoms with Crippen molar-refractivity contribution in [1.29, 1.82) is 0 Å². The smallest absolute Gasteiger partial charge is 0.225 e. The molecule has 2 aromatic carbocycles. The molecular formula is C22H25FN2O2. The summed E-state index contributed by atoms with van der Waals surface area (Å²) < 4.78 is 18.8. The Morgan fingerprint density at radius 2 is 2.07 bits per heavy atom. The van der Waals surface area contributed by atoms with Crippen LogP contribution in [0, 0.1) is 11.7 Å². The first-order chi connectivity index (χ1) is 13.2. The van der Waals surface area contributed by atoms with Gasteiger partial charge in [0, 0.05) is 18.6 Å². The highest BCUT2D eigenvalue weighted by Crippen LogP contribution is 2.44. The first kappa shape index (κ1) is 18.0. The maximum absolute atomic E-state index is 13.8. The van der Waals surface area contributed by atoms with Crippen LogP contribution < -0.4 is 10.1 Å². The fourth-order valence-corrected chi connectivity index (χ4v) is 4.59. The van der Waals surface area contributed by atoms with Crippen LogP contribution in [0.1, 0.15) is 36.4 Å². The van der Waals surface area contributed by atoms with E-state index in [2.05, 4.69) is 34.5 Å². The van der Waals surface area contributed by atoms with Gasteiger partial charge in [-0.2, -0.15) is 0 Å². The van der Waals surface area contributed by atoms with Crippen molar-refractivity contribution in [2.24, 2.45) is 5.92 Å². The summed E-state index contributed by atoms with van der Waals surface area (Å²) in [5.74, 6) is -0.133. The van der Waals surface area contributed by atoms with E-state index in [9.17, 15) is 9.18 Å². The molecule has 2 fully saturated rings. The van der Waals surface area contributed by atoms with Crippen molar-refractivity contribution in [3.05, 3.63) is 65.5 Å². The van der Waals surface area contributed by atoms with Crippen LogP contribution >= 0.6 is 0 Å². The molecule has 0 aliphatic carbocycles. The van der Waals surface area contributed by atoms with Crippen LogP contribution in [0.4, 0.5) is 4.39 Å². The Hall–Kier alpha value is -2.40. The van der Waals surface area contributed by atoms with Gasteiger partial charge in [-0.15, -0.1) is 0 Å². The monoisotopic (exact) mass is 368 g/mol. The van der Waals surface area contributed by atoms with Crippen LogP contribution in [0.5, 0.6) is 5.75 Å². The normalized spacial score (nSPS) is 24.6. The van der Waals surface area contributed by atoms with E-state index in [-0.39, 0.29) is 17.6 Å². The molecule has 2 aliphatic heterocycles. The molecule has 0 aromatic heterocycles. The molecule has 1 N–H and O–H groups in total. The molecule has 4 nitrogen and oxygen atoms in total. The number of carbonyl (C=O) groups excluding carboxylic acids is 1. The molecule has 0 bridgehead atoms. The Kier molecular flexibility index (Phi) is 5.12. The minimum atomic E-state index is -0.406. The molecule has 0 unspecified atom stereocenters. The topological polar surface area (TPSA) is 41.6 Å². The number of fused-ring (bicyclic) bond motifs is 1. The van der Waals surface area contributed by atoms with Crippen LogP contribution in [-0.4, -0.2) is 30.5 Å². The molecule has 2 saturated heterocycles. The van der Waals surface area contributed by atoms with Crippen molar-refractivity contribution in [2.75, 3.05) is 13.7 Å². The first-order valence-electron chi connectivity index (χ1n) is 9.58. The molecule has 2 heterocycles. The third-order valence-corrected chi connectivity index (χ3v) is 5.89. The van der Waals surface area contributed by atoms with E-state index in [0.29, 0.717) is 18.6 Å². The zero-order valence-corrected chi connectivity index (χ0v) is 15.5. The molecule has 0 spiro atoms. The van der Waals surface area contributed by atoms with Crippen LogP contribution in [0.15, 0.2) is 48.5 Å². The van der Waals surface area contributed by atoms with Gasteiger partial charge >= 0.3 is 0 Å². The summed E-state index contributed by atoms with van der Waals surface area (Å²) in [6.07, 6.45) is 3.05. The highest BCUT2D eigenvalue weighted by atomic mass is 19.1. The maximum Gasteiger partial charge on any atom is 0.225 e. The third-order valence-electron chi connectivity index (χ3n) is 5.89. The van der Waals surface area contributed by atoms with E-state index in [1.807, 2.05) is 6.07 Å². The Morgan fingerprint density at radius 3 is 2.81 bits per heavy atom. The van der Waals surface area contributed by atoms with Crippen molar-refractivity contribution in [3.63, 3.8) is 0 Å². The average Bonchev–Trinajstić information content (AvgIpc) is 3.29. The van der Waals surface area contributed by atoms with Crippen molar-refractivity contribution in [2.45, 2.75) is 37.9 Å². The van der Waals surface area contributed by atoms with Gasteiger partial charge in [0.05, 0.1) is 13.0 Å². The van der Waals surface area contributed by atoms with Gasteiger partial charge in [0.1, 0.15) is 0 Å². The summed E-state index contributed by atoms with van der Waals surface area (Å²) >= 11 is 0. The fraction of sp³-hybridized carbons (Fsp3) is 0.409. The fourth-order valence-electron chi connectivity index (χ4n) is 4.59. The summed E-state index contributed by atoms with van der Waals surface area (Å²) in [7, 11) is 1.44. The van der Waals surface area contributed by atoms with E-state index in [1.54, 1.807) is 12.1 Å². The largest absolute Gasteiger partial charge is 0.494 e. The lowest BCUT2D eigenvalue weighted by atomic mass is 9.93. The van der Waals surface area contributed by atoms with Crippen LogP contribution in [0.3, 0.4) is 0 Å². The number of carbonyl (C=O) groups is 1. The molecule has 1 amide bonds. The molecule has 27 heavy (non-hydrogen) atoms. The second kappa shape index (κ2) is 7.69. The molecule has 2 aliphatic rings. The summed E-state index contributed by atoms with van der Waals surface area (Å²) in [5.41, 5.74) is 2.03. The third kappa shape index (κ3) is 3.56. The molecule has 4 rings (SSSR count). The molecule has 3 atom stereocenters. The van der Waals surface area contributed by atoms with Gasteiger partial charge in [-0.25, -0.2) is 4.39 Å². The van der Waals surface area contributed by atoms with Gasteiger partial charge in [-0.05, 0) is 49.1 Å². The quantitative estimate of drug-likeness (QED) is 0.875. The molecule has 2 aromatic rings. The van der Waals surface area contributed by atoms with Crippen LogP contribution in [0.25, 0.3) is 0 Å². The standard InChI is InChI=1S/C22H25FN2O2/c1-27-21-10-9-15(12-18(21)23)14-24-22(26)17-13-20(16-6-3-2-4-7-16)25-11-5-8-19(17)25/h2-4,6-7,9-10,12,17,19-20H,5,8,11,13-14H2,1H3,(H,24,26)/t17-,19+,20-/m1/s1. The van der Waals surface area contributed by atoms with Gasteiger partial charge in [0.25, 0.3) is 0 Å². The number of rotatable bonds is 5. The number of hydrogen-bond donors (Lipinski definition) is 1. The predicted molar refractivity (Wildman–Crippen MR) is 102 cm³/mol. The number of methoxy groups -OCH3 is 1. The number of benzene rings is 2. The summed E-state index contributed by atoms with van der Waals surface area (Å²) in [4.78, 5) is 15.4. The number of amides is 1. The first-order valence-corrected chi connectivity index (χ1v) is 9.58. The SMILES string of the molecule is COc1ccc(CNC(=O)[C@@H]2C[C@H](c3ccccc3)N3CCC[C@@H]23)cc1F. The van der Waals surface area contributed by atoms with Gasteiger partial charge in [-0.3, -0.25) is 9.69 Å². The Bertz CT molecular complexity index is 811. The number of nitrogens with zero attached hydrogens (tertiary/aromatic N) is 1. The minimum Gasteiger partial charge on any atom is -0.494 e. The molecule has 0 saturated carbocycles. The van der Waals surface area contributed by atoms with Gasteiger partial charge in [-0.1, -0.05) is 36.4 Å². The zero-order valence-electron chi connectivity index (χ0n) is 15.5. The van der Waals surface area contributed by atoms with E-state index < -0.39 is 5.82 Å². The Labute approximate surface area is 159 Å². The molecular weight excluding hydrogens is 343 g/mol. The Morgan fingerprint density at radius 1 is 1.26 bits per heavy atom. The van der Waals surface area contributed by atoms with Gasteiger partial charge < -0.3 is 10.1 Å². The van der Waals surface area contributed by atoms with E-state index >= 15 is 0 Å². The van der Waals surface area contributed by atoms with Crippen molar-refractivity contribution in [1.82, 2.24) is 10.2 Å². The van der Waals surface area contributed by atoms with Crippen molar-refractivity contribution < 1.29 is 13.9 Å². The van der Waals surface area contributed by atoms with Crippen molar-refractivity contribution >= 4 is 5.91 Å². The summed E-state index contributed by atoms with van der Waals surface area (Å²) in [5, 5.41) is 3.02. The maximum atomic E-state index is 13.8. The zero-order chi connectivity index (χ0) is 18.8. The summed E-state index contributed by atoms with van der Waals surface area (Å²) in [6.45, 7) is 1.39. The van der Waals surface area contributed by atoms with E-state index in [0.717, 1.165) is 31.4 Å². The van der Waals surface area contributed by atoms with Gasteiger partial charge in [0.2, 0.25) is 5.91 Å². The predicted octanol–water partition coefficient (Wildman–Crippen LogP) is 3.68. The van der Waals surface area contributed by atoms with Crippen molar-refractivity contribution in [3.8, 4) is 5.75 Å². The lowest BCUT2D eigenvalue weighted by Gasteiger charge is -2.24. The minimum absolute atomic E-state index is 0.0131. The van der Waals surface area contributed by atoms with E-state index in [4.69, 9.17) is 4.74 Å². The second-order valence-electron chi connectivity index (χ2n) is 7.40. The highest BCUT2D eigenvalue weighted by Gasteiger charge is 2.46. The molecule has 142 valence electrons. The summed E-state index contributed by atoms with van der Waals surface area (Å²) in [6, 6.07) is 15.9. The van der Waals surface area contributed by atoms with Crippen LogP contribution in [0.2, 0.25) is 0 Å². The van der Waals surface area contributed by atoms with Gasteiger partial charge in [0.15, 0.2) is 11.6 Å².